The molecular weight excluding hydrogens is 871 g/mol. The quantitative estimate of drug-likeness (QED) is 0.139. The van der Waals surface area contributed by atoms with Crippen molar-refractivity contribution < 1.29 is 37.6 Å². The van der Waals surface area contributed by atoms with Gasteiger partial charge < -0.3 is 38.6 Å². The molecule has 356 valence electrons. The Labute approximate surface area is 392 Å². The van der Waals surface area contributed by atoms with Crippen LogP contribution in [-0.4, -0.2) is 63.7 Å². The number of anilines is 1. The van der Waals surface area contributed by atoms with Gasteiger partial charge in [-0.25, -0.2) is 18.7 Å². The van der Waals surface area contributed by atoms with E-state index in [1.807, 2.05) is 45.9 Å². The predicted molar refractivity (Wildman–Crippen MR) is 252 cm³/mol. The van der Waals surface area contributed by atoms with E-state index in [-0.39, 0.29) is 42.1 Å². The summed E-state index contributed by atoms with van der Waals surface area (Å²) in [4.78, 5) is 37.0. The second kappa shape index (κ2) is 18.7. The summed E-state index contributed by atoms with van der Waals surface area (Å²) in [6, 6.07) is 15.9. The molecule has 3 N–H and O–H groups in total. The highest BCUT2D eigenvalue weighted by Gasteiger charge is 2.37. The van der Waals surface area contributed by atoms with Crippen LogP contribution in [0.3, 0.4) is 0 Å². The van der Waals surface area contributed by atoms with Crippen molar-refractivity contribution in [1.82, 2.24) is 34.7 Å². The minimum absolute atomic E-state index is 0.0620. The number of amides is 2. The van der Waals surface area contributed by atoms with Crippen molar-refractivity contribution in [2.45, 2.75) is 154 Å². The van der Waals surface area contributed by atoms with Gasteiger partial charge in [-0.2, -0.15) is 0 Å². The number of hydrogen-bond donors (Lipinski definition) is 3. The molecule has 2 saturated carbocycles. The first-order valence-electron chi connectivity index (χ1n) is 24.2. The van der Waals surface area contributed by atoms with E-state index in [1.165, 1.54) is 6.07 Å². The van der Waals surface area contributed by atoms with Gasteiger partial charge >= 0.3 is 0 Å². The number of nitrogens with zero attached hydrogens (tertiary/aromatic N) is 7. The third kappa shape index (κ3) is 8.61. The van der Waals surface area contributed by atoms with Crippen molar-refractivity contribution in [2.24, 2.45) is 0 Å². The number of nitrogens with one attached hydrogen (secondary N) is 1. The van der Waals surface area contributed by atoms with Gasteiger partial charge in [-0.1, -0.05) is 22.4 Å². The zero-order valence-corrected chi connectivity index (χ0v) is 39.0. The largest absolute Gasteiger partial charge is 0.393 e. The number of halogens is 2. The fraction of sp³-hybridized carbons (Fsp3) is 0.462. The van der Waals surface area contributed by atoms with Crippen LogP contribution >= 0.6 is 0 Å². The monoisotopic (exact) mass is 928 g/mol. The number of aryl methyl sites for hydroxylation is 4. The molecule has 2 atom stereocenters. The smallest absolute Gasteiger partial charge is 0.227 e. The van der Waals surface area contributed by atoms with Gasteiger partial charge in [0.1, 0.15) is 23.2 Å². The number of aliphatic hydroxyl groups excluding tert-OH is 2. The number of hydrogen-bond acceptors (Lipinski definition) is 10. The Morgan fingerprint density at radius 2 is 1.15 bits per heavy atom. The molecule has 6 heterocycles. The standard InChI is InChI=1S/C29H30F2N4O3.C23H28N4O3/c1-16-28(17(2)38-33-16)18-6-13-25-24(14-18)32-29(35(25)19-7-10-21(36)11-8-19)26-4-3-5-27(37)34(26)20-9-12-22(30)23(31)15-20;1-13-22(14(2)30-26-13)15-6-11-20-19(12-15)25-23(18-4-3-5-21(29)24-18)27(20)16-7-9-17(28)10-8-16/h6,9,12-15,19,21,26,36H,3-5,7-8,10-11H2,1-2H3;6,11-12,16-18,28H,3-5,7-10H2,1-2H3,(H,24,29)/t19?,21?,26-;16?,17?,18-/m00/s1. The topological polar surface area (TPSA) is 178 Å². The molecule has 2 amide bonds. The molecule has 0 unspecified atom stereocenters. The van der Waals surface area contributed by atoms with Crippen LogP contribution in [0, 0.1) is 39.3 Å². The van der Waals surface area contributed by atoms with Gasteiger partial charge in [-0.05, 0) is 152 Å². The summed E-state index contributed by atoms with van der Waals surface area (Å²) in [5, 5.41) is 31.5. The molecule has 4 fully saturated rings. The van der Waals surface area contributed by atoms with Gasteiger partial charge in [0.2, 0.25) is 11.8 Å². The Balaban J connectivity index is 0.000000163. The third-order valence-corrected chi connectivity index (χ3v) is 14.6. The van der Waals surface area contributed by atoms with E-state index in [9.17, 15) is 28.6 Å². The Kier molecular flexibility index (Phi) is 12.5. The molecule has 2 saturated heterocycles. The Morgan fingerprint density at radius 3 is 1.66 bits per heavy atom. The van der Waals surface area contributed by atoms with Gasteiger partial charge in [0.15, 0.2) is 11.6 Å². The number of fused-ring (bicyclic) bond motifs is 2. The number of aromatic nitrogens is 6. The Hall–Kier alpha value is -6.26. The highest BCUT2D eigenvalue weighted by atomic mass is 19.2. The Bertz CT molecular complexity index is 2970. The summed E-state index contributed by atoms with van der Waals surface area (Å²) in [7, 11) is 0. The van der Waals surface area contributed by atoms with Crippen LogP contribution in [0.2, 0.25) is 0 Å². The number of carbonyl (C=O) groups is 2. The molecule has 68 heavy (non-hydrogen) atoms. The fourth-order valence-corrected chi connectivity index (χ4v) is 11.3. The summed E-state index contributed by atoms with van der Waals surface area (Å²) in [6.07, 6.45) is 9.93. The molecule has 3 aromatic carbocycles. The van der Waals surface area contributed by atoms with Crippen LogP contribution in [0.15, 0.2) is 63.6 Å². The molecule has 2 aliphatic heterocycles. The highest BCUT2D eigenvalue weighted by Crippen LogP contribution is 2.43. The van der Waals surface area contributed by atoms with Crippen LogP contribution in [0.4, 0.5) is 14.5 Å². The van der Waals surface area contributed by atoms with Gasteiger partial charge in [0, 0.05) is 47.8 Å². The average Bonchev–Trinajstić information content (AvgIpc) is 4.09. The fourth-order valence-electron chi connectivity index (χ4n) is 11.3. The minimum atomic E-state index is -0.988. The summed E-state index contributed by atoms with van der Waals surface area (Å²) in [6.45, 7) is 7.66. The lowest BCUT2D eigenvalue weighted by Gasteiger charge is -2.37. The van der Waals surface area contributed by atoms with Crippen LogP contribution < -0.4 is 10.2 Å². The highest BCUT2D eigenvalue weighted by molar-refractivity contribution is 5.95. The maximum atomic E-state index is 14.2. The summed E-state index contributed by atoms with van der Waals surface area (Å²) in [5.74, 6) is 1.22. The van der Waals surface area contributed by atoms with Crippen LogP contribution in [-0.2, 0) is 9.59 Å². The van der Waals surface area contributed by atoms with Crippen LogP contribution in [0.25, 0.3) is 44.3 Å². The number of imidazole rings is 2. The summed E-state index contributed by atoms with van der Waals surface area (Å²) in [5.41, 5.74) is 9.66. The van der Waals surface area contributed by atoms with Gasteiger partial charge in [-0.15, -0.1) is 0 Å². The predicted octanol–water partition coefficient (Wildman–Crippen LogP) is 10.4. The Morgan fingerprint density at radius 1 is 0.618 bits per heavy atom. The molecule has 4 aromatic heterocycles. The second-order valence-electron chi connectivity index (χ2n) is 19.2. The number of carbonyl (C=O) groups excluding carboxylic acids is 2. The molecule has 0 radical (unpaired) electrons. The van der Waals surface area contributed by atoms with Crippen molar-refractivity contribution in [1.29, 1.82) is 0 Å². The lowest BCUT2D eigenvalue weighted by atomic mass is 9.92. The van der Waals surface area contributed by atoms with Crippen molar-refractivity contribution in [3.63, 3.8) is 0 Å². The van der Waals surface area contributed by atoms with Crippen LogP contribution in [0.5, 0.6) is 0 Å². The van der Waals surface area contributed by atoms with E-state index < -0.39 is 17.7 Å². The lowest BCUT2D eigenvalue weighted by molar-refractivity contribution is -0.123. The molecule has 0 bridgehead atoms. The molecule has 2 aliphatic carbocycles. The molecule has 0 spiro atoms. The van der Waals surface area contributed by atoms with E-state index in [0.29, 0.717) is 44.2 Å². The lowest BCUT2D eigenvalue weighted by Crippen LogP contribution is -2.40. The number of piperidine rings is 2. The first-order chi connectivity index (χ1) is 32.8. The zero-order valence-electron chi connectivity index (χ0n) is 39.0. The van der Waals surface area contributed by atoms with Gasteiger partial charge in [-0.3, -0.25) is 9.59 Å². The van der Waals surface area contributed by atoms with Crippen molar-refractivity contribution in [2.75, 3.05) is 4.90 Å². The maximum absolute atomic E-state index is 14.2. The normalized spacial score (nSPS) is 23.5. The average molecular weight is 929 g/mol. The second-order valence-corrected chi connectivity index (χ2v) is 19.2. The maximum Gasteiger partial charge on any atom is 0.227 e. The van der Waals surface area contributed by atoms with E-state index in [4.69, 9.17) is 19.0 Å². The summed E-state index contributed by atoms with van der Waals surface area (Å²) >= 11 is 0. The van der Waals surface area contributed by atoms with Crippen molar-refractivity contribution in [3.05, 3.63) is 101 Å². The third-order valence-electron chi connectivity index (χ3n) is 14.6. The molecular formula is C52H58F2N8O6. The van der Waals surface area contributed by atoms with Crippen molar-refractivity contribution >= 4 is 39.6 Å². The molecule has 14 nitrogen and oxygen atoms in total. The molecule has 4 aliphatic rings. The van der Waals surface area contributed by atoms with E-state index >= 15 is 0 Å². The number of rotatable bonds is 7. The van der Waals surface area contributed by atoms with Gasteiger partial charge in [0.05, 0.1) is 57.7 Å². The minimum Gasteiger partial charge on any atom is -0.393 e. The van der Waals surface area contributed by atoms with Crippen LogP contribution in [0.1, 0.15) is 149 Å². The summed E-state index contributed by atoms with van der Waals surface area (Å²) < 4.78 is 43.3. The van der Waals surface area contributed by atoms with E-state index in [0.717, 1.165) is 142 Å². The van der Waals surface area contributed by atoms with Crippen molar-refractivity contribution in [3.8, 4) is 22.3 Å². The molecule has 7 aromatic rings. The molecule has 16 heteroatoms. The van der Waals surface area contributed by atoms with Gasteiger partial charge in [0.25, 0.3) is 0 Å². The zero-order chi connectivity index (χ0) is 47.4. The van der Waals surface area contributed by atoms with E-state index in [2.05, 4.69) is 43.0 Å². The first kappa shape index (κ1) is 45.5. The number of aliphatic hydroxyl groups is 2. The SMILES string of the molecule is Cc1noc(C)c1-c1ccc2c(c1)nc([C@@H]1CCCC(=O)N1)n2C1CCC(O)CC1.Cc1noc(C)c1-c1ccc2c(c1)nc([C@@H]1CCCC(=O)N1c1ccc(F)c(F)c1)n2C1CCC(O)CC1. The first-order valence-corrected chi connectivity index (χ1v) is 24.2. The van der Waals surface area contributed by atoms with E-state index in [1.54, 1.807) is 4.90 Å². The molecule has 11 rings (SSSR count). The number of benzene rings is 3.